The smallest absolute Gasteiger partial charge is 0.352 e. The molecule has 0 unspecified atom stereocenters. The van der Waals surface area contributed by atoms with Crippen molar-refractivity contribution in [3.63, 3.8) is 0 Å². The highest BCUT2D eigenvalue weighted by Crippen LogP contribution is 2.08. The largest absolute Gasteiger partial charge is 0.532 e. The van der Waals surface area contributed by atoms with Crippen molar-refractivity contribution in [1.29, 1.82) is 0 Å². The van der Waals surface area contributed by atoms with Crippen LogP contribution in [0.15, 0.2) is 73.0 Å². The van der Waals surface area contributed by atoms with Gasteiger partial charge >= 0.3 is 9.04 Å². The van der Waals surface area contributed by atoms with Crippen molar-refractivity contribution < 1.29 is 13.9 Å². The van der Waals surface area contributed by atoms with Crippen LogP contribution in [0.2, 0.25) is 0 Å². The molecule has 0 aromatic heterocycles. The average Bonchev–Trinajstić information content (AvgIpc) is 2.55. The first-order valence-corrected chi connectivity index (χ1v) is 8.07. The highest BCUT2D eigenvalue weighted by Gasteiger charge is 2.24. The standard InChI is InChI=1S/C17H19O3Si/c1-14(17(18-2)19-3)20-21(15-10-6-4-7-11-15)16-12-8-5-9-13-16/h4-13,17H,1H2,2-3H3. The van der Waals surface area contributed by atoms with Gasteiger partial charge in [0.15, 0.2) is 0 Å². The van der Waals surface area contributed by atoms with Gasteiger partial charge in [0, 0.05) is 14.2 Å². The van der Waals surface area contributed by atoms with E-state index in [0.717, 1.165) is 10.4 Å². The van der Waals surface area contributed by atoms with Crippen LogP contribution in [0.1, 0.15) is 0 Å². The van der Waals surface area contributed by atoms with E-state index in [1.54, 1.807) is 14.2 Å². The molecule has 0 N–H and O–H groups in total. The summed E-state index contributed by atoms with van der Waals surface area (Å²) in [7, 11) is 1.72. The highest BCUT2D eigenvalue weighted by molar-refractivity contribution is 6.80. The van der Waals surface area contributed by atoms with Gasteiger partial charge in [0.05, 0.1) is 0 Å². The number of hydrogen-bond acceptors (Lipinski definition) is 3. The van der Waals surface area contributed by atoms with Crippen molar-refractivity contribution in [2.24, 2.45) is 0 Å². The molecule has 2 aromatic carbocycles. The molecule has 1 radical (unpaired) electrons. The van der Waals surface area contributed by atoms with E-state index in [2.05, 4.69) is 30.8 Å². The van der Waals surface area contributed by atoms with Crippen molar-refractivity contribution in [3.8, 4) is 0 Å². The van der Waals surface area contributed by atoms with E-state index >= 15 is 0 Å². The monoisotopic (exact) mass is 299 g/mol. The zero-order chi connectivity index (χ0) is 15.1. The Balaban J connectivity index is 2.27. The molecule has 4 heteroatoms. The van der Waals surface area contributed by atoms with Crippen molar-refractivity contribution >= 4 is 19.4 Å². The third kappa shape index (κ3) is 4.04. The van der Waals surface area contributed by atoms with Gasteiger partial charge < -0.3 is 13.9 Å². The Morgan fingerprint density at radius 1 is 0.857 bits per heavy atom. The quantitative estimate of drug-likeness (QED) is 0.444. The molecule has 0 aliphatic carbocycles. The maximum Gasteiger partial charge on any atom is 0.352 e. The summed E-state index contributed by atoms with van der Waals surface area (Å²) in [6.45, 7) is 3.94. The fourth-order valence-electron chi connectivity index (χ4n) is 2.00. The minimum absolute atomic E-state index is 0.488. The molecule has 21 heavy (non-hydrogen) atoms. The summed E-state index contributed by atoms with van der Waals surface area (Å²) < 4.78 is 16.5. The van der Waals surface area contributed by atoms with Crippen LogP contribution in [-0.2, 0) is 13.9 Å². The Kier molecular flexibility index (Phi) is 5.75. The summed E-state index contributed by atoms with van der Waals surface area (Å²) in [5, 5.41) is 2.31. The van der Waals surface area contributed by atoms with Gasteiger partial charge in [-0.2, -0.15) is 0 Å². The molecule has 0 saturated carbocycles. The summed E-state index contributed by atoms with van der Waals surface area (Å²) >= 11 is 0. The molecule has 2 rings (SSSR count). The minimum atomic E-state index is -1.42. The fraction of sp³-hybridized carbons (Fsp3) is 0.176. The van der Waals surface area contributed by atoms with Gasteiger partial charge in [0.1, 0.15) is 5.76 Å². The summed E-state index contributed by atoms with van der Waals surface area (Å²) in [6, 6.07) is 20.3. The van der Waals surface area contributed by atoms with Crippen LogP contribution >= 0.6 is 0 Å². The number of benzene rings is 2. The van der Waals surface area contributed by atoms with Gasteiger partial charge in [-0.15, -0.1) is 0 Å². The van der Waals surface area contributed by atoms with E-state index in [1.165, 1.54) is 0 Å². The minimum Gasteiger partial charge on any atom is -0.532 e. The van der Waals surface area contributed by atoms with E-state index < -0.39 is 15.3 Å². The summed E-state index contributed by atoms with van der Waals surface area (Å²) in [5.74, 6) is 0.488. The highest BCUT2D eigenvalue weighted by atomic mass is 28.3. The fourth-order valence-corrected chi connectivity index (χ4v) is 3.92. The number of methoxy groups -OCH3 is 2. The molecule has 0 aliphatic rings. The zero-order valence-electron chi connectivity index (χ0n) is 12.3. The Hall–Kier alpha value is -1.88. The molecule has 0 spiro atoms. The molecule has 0 aliphatic heterocycles. The van der Waals surface area contributed by atoms with Gasteiger partial charge in [-0.1, -0.05) is 67.2 Å². The molecule has 109 valence electrons. The zero-order valence-corrected chi connectivity index (χ0v) is 13.3. The maximum atomic E-state index is 6.12. The molecule has 0 fully saturated rings. The lowest BCUT2D eigenvalue weighted by molar-refractivity contribution is -0.0927. The second-order valence-corrected chi connectivity index (χ2v) is 6.45. The van der Waals surface area contributed by atoms with E-state index in [-0.39, 0.29) is 0 Å². The normalized spacial score (nSPS) is 10.9. The Morgan fingerprint density at radius 3 is 1.67 bits per heavy atom. The average molecular weight is 299 g/mol. The molecule has 0 bridgehead atoms. The van der Waals surface area contributed by atoms with Crippen LogP contribution in [0, 0.1) is 0 Å². The second-order valence-electron chi connectivity index (χ2n) is 4.43. The molecule has 0 saturated heterocycles. The van der Waals surface area contributed by atoms with Crippen LogP contribution in [0.3, 0.4) is 0 Å². The van der Waals surface area contributed by atoms with Crippen molar-refractivity contribution in [1.82, 2.24) is 0 Å². The number of rotatable bonds is 7. The van der Waals surface area contributed by atoms with Gasteiger partial charge in [-0.3, -0.25) is 0 Å². The van der Waals surface area contributed by atoms with Gasteiger partial charge in [0.2, 0.25) is 6.29 Å². The van der Waals surface area contributed by atoms with E-state index in [9.17, 15) is 0 Å². The molecular weight excluding hydrogens is 280 g/mol. The Bertz CT molecular complexity index is 513. The van der Waals surface area contributed by atoms with Crippen LogP contribution in [-0.4, -0.2) is 29.5 Å². The number of ether oxygens (including phenoxy) is 2. The molecule has 0 amide bonds. The molecule has 0 atom stereocenters. The van der Waals surface area contributed by atoms with Crippen LogP contribution in [0.5, 0.6) is 0 Å². The van der Waals surface area contributed by atoms with Crippen molar-refractivity contribution in [2.45, 2.75) is 6.29 Å². The molecule has 3 nitrogen and oxygen atoms in total. The predicted molar refractivity (Wildman–Crippen MR) is 85.9 cm³/mol. The maximum absolute atomic E-state index is 6.12. The first kappa shape index (κ1) is 15.5. The summed E-state index contributed by atoms with van der Waals surface area (Å²) in [4.78, 5) is 0. The van der Waals surface area contributed by atoms with E-state index in [0.29, 0.717) is 5.76 Å². The van der Waals surface area contributed by atoms with Gasteiger partial charge in [-0.05, 0) is 10.4 Å². The van der Waals surface area contributed by atoms with Gasteiger partial charge in [-0.25, -0.2) is 0 Å². The lowest BCUT2D eigenvalue weighted by atomic mass is 10.4. The van der Waals surface area contributed by atoms with Crippen LogP contribution in [0.25, 0.3) is 0 Å². The molecular formula is C17H19O3Si. The first-order chi connectivity index (χ1) is 10.3. The van der Waals surface area contributed by atoms with E-state index in [1.807, 2.05) is 36.4 Å². The topological polar surface area (TPSA) is 27.7 Å². The van der Waals surface area contributed by atoms with E-state index in [4.69, 9.17) is 13.9 Å². The SMILES string of the molecule is C=C(O[Si](c1ccccc1)c1ccccc1)C(OC)OC. The van der Waals surface area contributed by atoms with Crippen LogP contribution in [0.4, 0.5) is 0 Å². The van der Waals surface area contributed by atoms with Crippen LogP contribution < -0.4 is 10.4 Å². The predicted octanol–water partition coefficient (Wildman–Crippen LogP) is 1.94. The summed E-state index contributed by atoms with van der Waals surface area (Å²) in [6.07, 6.45) is -0.558. The Morgan fingerprint density at radius 2 is 1.29 bits per heavy atom. The lowest BCUT2D eigenvalue weighted by Gasteiger charge is -2.22. The Labute approximate surface area is 127 Å². The molecule has 2 aromatic rings. The third-order valence-corrected chi connectivity index (χ3v) is 5.18. The van der Waals surface area contributed by atoms with Crippen molar-refractivity contribution in [2.75, 3.05) is 14.2 Å². The lowest BCUT2D eigenvalue weighted by Crippen LogP contribution is -2.45. The summed E-state index contributed by atoms with van der Waals surface area (Å²) in [5.41, 5.74) is 0. The number of hydrogen-bond donors (Lipinski definition) is 0. The van der Waals surface area contributed by atoms with Crippen molar-refractivity contribution in [3.05, 3.63) is 73.0 Å². The second kappa shape index (κ2) is 7.78. The first-order valence-electron chi connectivity index (χ1n) is 6.66. The third-order valence-electron chi connectivity index (χ3n) is 3.00. The van der Waals surface area contributed by atoms with Gasteiger partial charge in [0.25, 0.3) is 0 Å². The molecule has 0 heterocycles.